The zero-order valence-electron chi connectivity index (χ0n) is 10.2. The van der Waals surface area contributed by atoms with Crippen molar-refractivity contribution in [2.75, 3.05) is 19.6 Å². The van der Waals surface area contributed by atoms with Gasteiger partial charge in [-0.3, -0.25) is 9.78 Å². The quantitative estimate of drug-likeness (QED) is 0.835. The first-order valence-electron chi connectivity index (χ1n) is 6.13. The summed E-state index contributed by atoms with van der Waals surface area (Å²) in [6.07, 6.45) is 3.84. The summed E-state index contributed by atoms with van der Waals surface area (Å²) in [5.74, 6) is 0.484. The van der Waals surface area contributed by atoms with Crippen molar-refractivity contribution in [1.29, 1.82) is 0 Å². The molecule has 0 aromatic carbocycles. The first-order chi connectivity index (χ1) is 8.22. The second kappa shape index (κ2) is 5.27. The Labute approximate surface area is 102 Å². The highest BCUT2D eigenvalue weighted by molar-refractivity contribution is 5.93. The van der Waals surface area contributed by atoms with E-state index >= 15 is 0 Å². The molecule has 1 aromatic heterocycles. The van der Waals surface area contributed by atoms with Crippen molar-refractivity contribution in [3.05, 3.63) is 29.6 Å². The van der Waals surface area contributed by atoms with Crippen LogP contribution in [0.4, 0.5) is 0 Å². The third-order valence-electron chi connectivity index (χ3n) is 3.35. The molecule has 92 valence electrons. The highest BCUT2D eigenvalue weighted by Crippen LogP contribution is 2.18. The van der Waals surface area contributed by atoms with E-state index in [1.54, 1.807) is 6.20 Å². The van der Waals surface area contributed by atoms with Crippen LogP contribution < -0.4 is 5.73 Å². The third kappa shape index (κ3) is 2.64. The average molecular weight is 233 g/mol. The molecule has 1 aliphatic rings. The largest absolute Gasteiger partial charge is 0.337 e. The molecular weight excluding hydrogens is 214 g/mol. The van der Waals surface area contributed by atoms with Crippen molar-refractivity contribution in [2.24, 2.45) is 11.7 Å². The minimum Gasteiger partial charge on any atom is -0.337 e. The Morgan fingerprint density at radius 3 is 3.18 bits per heavy atom. The molecule has 4 heteroatoms. The fourth-order valence-corrected chi connectivity index (χ4v) is 2.30. The fraction of sp³-hybridized carbons (Fsp3) is 0.538. The number of likely N-dealkylation sites (tertiary alicyclic amines) is 1. The Bertz CT molecular complexity index is 405. The van der Waals surface area contributed by atoms with Crippen LogP contribution in [0.5, 0.6) is 0 Å². The highest BCUT2D eigenvalue weighted by atomic mass is 16.2. The van der Waals surface area contributed by atoms with E-state index in [2.05, 4.69) is 4.98 Å². The maximum atomic E-state index is 12.3. The molecule has 0 bridgehead atoms. The Morgan fingerprint density at radius 1 is 1.65 bits per heavy atom. The smallest absolute Gasteiger partial charge is 0.272 e. The zero-order valence-corrected chi connectivity index (χ0v) is 10.2. The second-order valence-electron chi connectivity index (χ2n) is 4.66. The topological polar surface area (TPSA) is 59.2 Å². The number of nitrogens with two attached hydrogens (primary N) is 1. The number of carbonyl (C=O) groups excluding carboxylic acids is 1. The van der Waals surface area contributed by atoms with Crippen molar-refractivity contribution >= 4 is 5.91 Å². The molecule has 1 unspecified atom stereocenters. The van der Waals surface area contributed by atoms with Gasteiger partial charge in [0, 0.05) is 19.3 Å². The summed E-state index contributed by atoms with van der Waals surface area (Å²) in [5, 5.41) is 0. The molecule has 0 aliphatic carbocycles. The van der Waals surface area contributed by atoms with Gasteiger partial charge in [-0.2, -0.15) is 0 Å². The number of rotatable bonds is 2. The van der Waals surface area contributed by atoms with E-state index in [-0.39, 0.29) is 5.91 Å². The predicted octanol–water partition coefficient (Wildman–Crippen LogP) is 1.20. The number of hydrogen-bond donors (Lipinski definition) is 1. The van der Waals surface area contributed by atoms with E-state index in [1.165, 1.54) is 0 Å². The van der Waals surface area contributed by atoms with E-state index in [4.69, 9.17) is 5.73 Å². The minimum absolute atomic E-state index is 0.0428. The van der Waals surface area contributed by atoms with Crippen LogP contribution in [0.15, 0.2) is 18.3 Å². The molecule has 0 saturated carbocycles. The Morgan fingerprint density at radius 2 is 2.47 bits per heavy atom. The maximum absolute atomic E-state index is 12.3. The summed E-state index contributed by atoms with van der Waals surface area (Å²) < 4.78 is 0. The van der Waals surface area contributed by atoms with Gasteiger partial charge in [-0.05, 0) is 43.9 Å². The van der Waals surface area contributed by atoms with Gasteiger partial charge in [0.25, 0.3) is 5.91 Å². The molecule has 2 heterocycles. The van der Waals surface area contributed by atoms with Crippen molar-refractivity contribution in [1.82, 2.24) is 9.88 Å². The van der Waals surface area contributed by atoms with Gasteiger partial charge in [-0.25, -0.2) is 0 Å². The monoisotopic (exact) mass is 233 g/mol. The van der Waals surface area contributed by atoms with Gasteiger partial charge in [0.05, 0.1) is 0 Å². The van der Waals surface area contributed by atoms with Crippen molar-refractivity contribution < 1.29 is 4.79 Å². The lowest BCUT2D eigenvalue weighted by molar-refractivity contribution is 0.0671. The lowest BCUT2D eigenvalue weighted by Gasteiger charge is -2.32. The minimum atomic E-state index is 0.0428. The summed E-state index contributed by atoms with van der Waals surface area (Å²) in [7, 11) is 0. The van der Waals surface area contributed by atoms with Crippen LogP contribution in [0, 0.1) is 12.8 Å². The number of aromatic nitrogens is 1. The third-order valence-corrected chi connectivity index (χ3v) is 3.35. The number of pyridine rings is 1. The molecule has 1 fully saturated rings. The number of nitrogens with zero attached hydrogens (tertiary/aromatic N) is 2. The van der Waals surface area contributed by atoms with E-state index in [0.717, 1.165) is 31.5 Å². The number of aryl methyl sites for hydroxylation is 1. The van der Waals surface area contributed by atoms with Crippen LogP contribution >= 0.6 is 0 Å². The first kappa shape index (κ1) is 12.0. The molecule has 2 rings (SSSR count). The SMILES string of the molecule is Cc1cccnc1C(=O)N1CCCC(CN)C1. The highest BCUT2D eigenvalue weighted by Gasteiger charge is 2.24. The molecule has 1 saturated heterocycles. The molecule has 2 N–H and O–H groups in total. The van der Waals surface area contributed by atoms with Gasteiger partial charge in [-0.15, -0.1) is 0 Å². The van der Waals surface area contributed by atoms with Crippen LogP contribution in [0.2, 0.25) is 0 Å². The van der Waals surface area contributed by atoms with Crippen molar-refractivity contribution in [3.8, 4) is 0 Å². The van der Waals surface area contributed by atoms with Crippen LogP contribution in [0.1, 0.15) is 28.9 Å². The Balaban J connectivity index is 2.12. The zero-order chi connectivity index (χ0) is 12.3. The van der Waals surface area contributed by atoms with E-state index in [1.807, 2.05) is 24.0 Å². The normalized spacial score (nSPS) is 20.4. The summed E-state index contributed by atoms with van der Waals surface area (Å²) >= 11 is 0. The summed E-state index contributed by atoms with van der Waals surface area (Å²) in [6, 6.07) is 3.77. The Kier molecular flexibility index (Phi) is 3.74. The van der Waals surface area contributed by atoms with E-state index in [0.29, 0.717) is 18.2 Å². The van der Waals surface area contributed by atoms with Gasteiger partial charge in [-0.1, -0.05) is 6.07 Å². The molecule has 1 aromatic rings. The fourth-order valence-electron chi connectivity index (χ4n) is 2.30. The predicted molar refractivity (Wildman–Crippen MR) is 66.7 cm³/mol. The van der Waals surface area contributed by atoms with Gasteiger partial charge in [0.2, 0.25) is 0 Å². The molecule has 0 spiro atoms. The van der Waals surface area contributed by atoms with Gasteiger partial charge < -0.3 is 10.6 Å². The van der Waals surface area contributed by atoms with Gasteiger partial charge in [0.1, 0.15) is 5.69 Å². The van der Waals surface area contributed by atoms with Gasteiger partial charge >= 0.3 is 0 Å². The molecule has 1 amide bonds. The number of amides is 1. The average Bonchev–Trinajstić information content (AvgIpc) is 2.38. The van der Waals surface area contributed by atoms with Crippen LogP contribution in [0.3, 0.4) is 0 Å². The summed E-state index contributed by atoms with van der Waals surface area (Å²) in [5.41, 5.74) is 7.19. The summed E-state index contributed by atoms with van der Waals surface area (Å²) in [4.78, 5) is 18.4. The molecule has 0 radical (unpaired) electrons. The number of piperidine rings is 1. The molecular formula is C13H19N3O. The molecule has 17 heavy (non-hydrogen) atoms. The maximum Gasteiger partial charge on any atom is 0.272 e. The van der Waals surface area contributed by atoms with E-state index < -0.39 is 0 Å². The number of carbonyl (C=O) groups is 1. The molecule has 4 nitrogen and oxygen atoms in total. The van der Waals surface area contributed by atoms with Crippen molar-refractivity contribution in [2.45, 2.75) is 19.8 Å². The molecule has 1 aliphatic heterocycles. The van der Waals surface area contributed by atoms with Gasteiger partial charge in [0.15, 0.2) is 0 Å². The van der Waals surface area contributed by atoms with Crippen LogP contribution in [-0.4, -0.2) is 35.4 Å². The Hall–Kier alpha value is -1.42. The standard InChI is InChI=1S/C13H19N3O/c1-10-4-2-6-15-12(10)13(17)16-7-3-5-11(8-14)9-16/h2,4,6,11H,3,5,7-9,14H2,1H3. The lowest BCUT2D eigenvalue weighted by Crippen LogP contribution is -2.42. The first-order valence-corrected chi connectivity index (χ1v) is 6.13. The lowest BCUT2D eigenvalue weighted by atomic mass is 9.98. The van der Waals surface area contributed by atoms with Crippen LogP contribution in [0.25, 0.3) is 0 Å². The second-order valence-corrected chi connectivity index (χ2v) is 4.66. The summed E-state index contributed by atoms with van der Waals surface area (Å²) in [6.45, 7) is 4.17. The van der Waals surface area contributed by atoms with Crippen LogP contribution in [-0.2, 0) is 0 Å². The van der Waals surface area contributed by atoms with E-state index in [9.17, 15) is 4.79 Å². The number of hydrogen-bond acceptors (Lipinski definition) is 3. The molecule has 1 atom stereocenters. The van der Waals surface area contributed by atoms with Crippen molar-refractivity contribution in [3.63, 3.8) is 0 Å².